The van der Waals surface area contributed by atoms with Gasteiger partial charge in [0.2, 0.25) is 41.4 Å². The number of hydrogen-bond donors (Lipinski definition) is 14. The molecule has 10 atom stereocenters. The lowest BCUT2D eigenvalue weighted by molar-refractivity contribution is -0.136. The fourth-order valence-electron chi connectivity index (χ4n) is 7.73. The lowest BCUT2D eigenvalue weighted by atomic mass is 10.0. The molecule has 1 aromatic heterocycles. The number of aliphatic carboxylic acids is 1. The van der Waals surface area contributed by atoms with Crippen molar-refractivity contribution in [3.8, 4) is 0 Å². The highest BCUT2D eigenvalue weighted by atomic mass is 33.1. The second-order valence-electron chi connectivity index (χ2n) is 18.0. The SMILES string of the molecule is CC(=O)O.C[C@@H](O)[C@@H]1NC(=O)[C@H](CCCCN)NC(=O)[C@@H](Cc2c[nH]c3ccccc23)NC(=O)[C@H](Cc2ccccc2)NC(=O)[C@@H](NC(=O)[C@H](N)Cc2ccccc2)CSSC[C@H](C(=O)N[C@H](CO)[C@@H](C)O)NC1=O. The van der Waals surface area contributed by atoms with Gasteiger partial charge in [0, 0.05) is 48.4 Å². The number of aliphatic hydroxyl groups is 3. The summed E-state index contributed by atoms with van der Waals surface area (Å²) < 4.78 is 0. The highest BCUT2D eigenvalue weighted by Crippen LogP contribution is 2.24. The molecule has 0 aliphatic carbocycles. The van der Waals surface area contributed by atoms with Crippen LogP contribution in [-0.4, -0.2) is 158 Å². The van der Waals surface area contributed by atoms with Gasteiger partial charge in [0.25, 0.3) is 5.97 Å². The van der Waals surface area contributed by atoms with E-state index in [0.717, 1.165) is 45.0 Å². The molecule has 4 aromatic rings. The molecule has 1 fully saturated rings. The zero-order valence-electron chi connectivity index (χ0n) is 42.0. The summed E-state index contributed by atoms with van der Waals surface area (Å²) in [4.78, 5) is 112. The van der Waals surface area contributed by atoms with Gasteiger partial charge in [-0.25, -0.2) is 0 Å². The topological polar surface area (TPSA) is 370 Å². The second kappa shape index (κ2) is 31.4. The van der Waals surface area contributed by atoms with Crippen molar-refractivity contribution < 1.29 is 58.8 Å². The number of aliphatic hydroxyl groups excluding tert-OH is 3. The van der Waals surface area contributed by atoms with Crippen LogP contribution < -0.4 is 48.7 Å². The Morgan fingerprint density at radius 1 is 0.720 bits per heavy atom. The Morgan fingerprint density at radius 3 is 1.89 bits per heavy atom. The Morgan fingerprint density at radius 2 is 1.28 bits per heavy atom. The number of hydrogen-bond acceptors (Lipinski definition) is 15. The van der Waals surface area contributed by atoms with E-state index >= 15 is 0 Å². The van der Waals surface area contributed by atoms with Crippen molar-refractivity contribution in [1.29, 1.82) is 0 Å². The van der Waals surface area contributed by atoms with Crippen LogP contribution in [0.5, 0.6) is 0 Å². The molecular weight excluding hydrogens is 1010 g/mol. The highest BCUT2D eigenvalue weighted by Gasteiger charge is 2.36. The van der Waals surface area contributed by atoms with E-state index in [1.165, 1.54) is 13.8 Å². The van der Waals surface area contributed by atoms with E-state index in [-0.39, 0.29) is 43.7 Å². The van der Waals surface area contributed by atoms with E-state index < -0.39 is 114 Å². The van der Waals surface area contributed by atoms with Gasteiger partial charge in [-0.05, 0) is 68.8 Å². The van der Waals surface area contributed by atoms with Gasteiger partial charge in [0.05, 0.1) is 30.9 Å². The number of rotatable bonds is 17. The Hall–Kier alpha value is -6.54. The fraction of sp³-hybridized carbons (Fsp3) is 0.451. The van der Waals surface area contributed by atoms with Crippen LogP contribution in [0.15, 0.2) is 91.1 Å². The molecule has 408 valence electrons. The molecule has 1 aliphatic heterocycles. The molecule has 22 nitrogen and oxygen atoms in total. The molecule has 0 saturated carbocycles. The number of amides is 7. The summed E-state index contributed by atoms with van der Waals surface area (Å²) in [7, 11) is 2.06. The maximum absolute atomic E-state index is 14.7. The summed E-state index contributed by atoms with van der Waals surface area (Å²) in [6.45, 7) is 3.31. The molecule has 0 spiro atoms. The first-order valence-electron chi connectivity index (χ1n) is 24.4. The maximum atomic E-state index is 14.7. The molecule has 0 radical (unpaired) electrons. The van der Waals surface area contributed by atoms with E-state index in [1.54, 1.807) is 60.8 Å². The Labute approximate surface area is 442 Å². The third-order valence-corrected chi connectivity index (χ3v) is 14.3. The zero-order valence-corrected chi connectivity index (χ0v) is 43.7. The molecule has 0 unspecified atom stereocenters. The number of H-pyrrole nitrogens is 1. The monoisotopic (exact) mass is 1080 g/mol. The number of nitrogens with one attached hydrogen (secondary N) is 8. The van der Waals surface area contributed by atoms with Crippen LogP contribution in [0, 0.1) is 0 Å². The maximum Gasteiger partial charge on any atom is 0.300 e. The van der Waals surface area contributed by atoms with Gasteiger partial charge in [0.15, 0.2) is 0 Å². The minimum atomic E-state index is -1.66. The lowest BCUT2D eigenvalue weighted by Gasteiger charge is -2.29. The number of carbonyl (C=O) groups excluding carboxylic acids is 7. The molecular formula is C51H70N10O12S2. The summed E-state index contributed by atoms with van der Waals surface area (Å²) in [5, 5.41) is 57.9. The smallest absolute Gasteiger partial charge is 0.300 e. The summed E-state index contributed by atoms with van der Waals surface area (Å²) in [5.41, 5.74) is 15.0. The molecule has 16 N–H and O–H groups in total. The molecule has 24 heteroatoms. The van der Waals surface area contributed by atoms with Crippen molar-refractivity contribution in [2.24, 2.45) is 11.5 Å². The molecule has 1 aliphatic rings. The van der Waals surface area contributed by atoms with E-state index in [2.05, 4.69) is 42.2 Å². The van der Waals surface area contributed by atoms with Crippen molar-refractivity contribution >= 4 is 79.8 Å². The van der Waals surface area contributed by atoms with Crippen LogP contribution in [0.3, 0.4) is 0 Å². The molecule has 2 heterocycles. The van der Waals surface area contributed by atoms with Gasteiger partial charge in [-0.2, -0.15) is 0 Å². The van der Waals surface area contributed by atoms with E-state index in [9.17, 15) is 48.9 Å². The summed E-state index contributed by atoms with van der Waals surface area (Å²) in [5.74, 6) is -6.84. The van der Waals surface area contributed by atoms with Crippen molar-refractivity contribution in [3.05, 3.63) is 108 Å². The standard InChI is InChI=1S/C49H66N10O10S2.C2H4O2/c1-28(61)39(25-60)56-48(68)41-27-71-70-26-40(57-43(63)34(51)21-30-13-5-3-6-14-30)47(67)54-37(22-31-15-7-4-8-16-31)45(65)55-38(23-32-24-52-35-18-10-9-17-33(32)35)46(66)53-36(19-11-12-20-50)44(64)59-42(29(2)62)49(69)58-41;1-2(3)4/h3-10,13-18,24,28-29,34,36-42,52,60-62H,11-12,19-23,25-27,50-51H2,1-2H3,(H,53,66)(H,54,67)(H,55,65)(H,56,68)(H,57,63)(H,58,69)(H,59,64);1H3,(H,3,4)/t28-,29-,34-,36+,37+,38-,39-,40+,41-,42+;/m1./s1. The Balaban J connectivity index is 0.00000293. The van der Waals surface area contributed by atoms with Crippen LogP contribution in [0.4, 0.5) is 0 Å². The third-order valence-electron chi connectivity index (χ3n) is 11.9. The zero-order chi connectivity index (χ0) is 55.0. The normalized spacial score (nSPS) is 21.9. The van der Waals surface area contributed by atoms with E-state index in [4.69, 9.17) is 21.4 Å². The largest absolute Gasteiger partial charge is 0.481 e. The van der Waals surface area contributed by atoms with E-state index in [1.807, 2.05) is 30.3 Å². The average Bonchev–Trinajstić information content (AvgIpc) is 3.78. The molecule has 0 bridgehead atoms. The predicted octanol–water partition coefficient (Wildman–Crippen LogP) is -0.714. The third kappa shape index (κ3) is 20.3. The number of carbonyl (C=O) groups is 8. The number of aromatic nitrogens is 1. The highest BCUT2D eigenvalue weighted by molar-refractivity contribution is 8.76. The number of aromatic amines is 1. The fourth-order valence-corrected chi connectivity index (χ4v) is 10.1. The number of benzene rings is 3. The minimum Gasteiger partial charge on any atom is -0.481 e. The second-order valence-corrected chi connectivity index (χ2v) is 20.5. The van der Waals surface area contributed by atoms with Crippen molar-refractivity contribution in [2.75, 3.05) is 24.7 Å². The van der Waals surface area contributed by atoms with Crippen LogP contribution in [-0.2, 0) is 57.6 Å². The molecule has 1 saturated heterocycles. The quantitative estimate of drug-likeness (QED) is 0.0459. The van der Waals surface area contributed by atoms with Crippen molar-refractivity contribution in [2.45, 2.75) is 120 Å². The molecule has 75 heavy (non-hydrogen) atoms. The lowest BCUT2D eigenvalue weighted by Crippen LogP contribution is -2.62. The first-order valence-corrected chi connectivity index (χ1v) is 26.9. The van der Waals surface area contributed by atoms with Crippen LogP contribution in [0.1, 0.15) is 56.7 Å². The summed E-state index contributed by atoms with van der Waals surface area (Å²) in [6, 6.07) is 14.6. The van der Waals surface area contributed by atoms with Crippen molar-refractivity contribution in [3.63, 3.8) is 0 Å². The number of carboxylic acid groups (broad SMARTS) is 1. The minimum absolute atomic E-state index is 0.0340. The summed E-state index contributed by atoms with van der Waals surface area (Å²) >= 11 is 0. The van der Waals surface area contributed by atoms with E-state index in [0.29, 0.717) is 24.0 Å². The Bertz CT molecular complexity index is 2500. The first-order chi connectivity index (χ1) is 35.8. The molecule has 5 rings (SSSR count). The molecule has 7 amide bonds. The van der Waals surface area contributed by atoms with Crippen LogP contribution in [0.2, 0.25) is 0 Å². The van der Waals surface area contributed by atoms with Crippen LogP contribution in [0.25, 0.3) is 10.9 Å². The summed E-state index contributed by atoms with van der Waals surface area (Å²) in [6.07, 6.45) is -0.156. The number of para-hydroxylation sites is 1. The molecule has 3 aromatic carbocycles. The van der Waals surface area contributed by atoms with Gasteiger partial charge in [-0.1, -0.05) is 100 Å². The average molecular weight is 1080 g/mol. The number of unbranched alkanes of at least 4 members (excludes halogenated alkanes) is 1. The predicted molar refractivity (Wildman–Crippen MR) is 285 cm³/mol. The van der Waals surface area contributed by atoms with Gasteiger partial charge in [0.1, 0.15) is 36.3 Å². The van der Waals surface area contributed by atoms with Gasteiger partial charge >= 0.3 is 0 Å². The van der Waals surface area contributed by atoms with Crippen molar-refractivity contribution in [1.82, 2.24) is 42.2 Å². The number of carboxylic acids is 1. The van der Waals surface area contributed by atoms with Gasteiger partial charge < -0.3 is 74.1 Å². The Kier molecular flexibility index (Phi) is 25.5. The number of fused-ring (bicyclic) bond motifs is 1. The van der Waals surface area contributed by atoms with Gasteiger partial charge in [-0.15, -0.1) is 0 Å². The number of nitrogens with two attached hydrogens (primary N) is 2. The first kappa shape index (κ1) is 61.0. The van der Waals surface area contributed by atoms with Crippen LogP contribution >= 0.6 is 21.6 Å². The van der Waals surface area contributed by atoms with Gasteiger partial charge in [-0.3, -0.25) is 38.4 Å².